The molecule has 7 heteroatoms. The van der Waals surface area contributed by atoms with Crippen LogP contribution in [0, 0.1) is 12.7 Å². The van der Waals surface area contributed by atoms with E-state index in [9.17, 15) is 14.0 Å². The van der Waals surface area contributed by atoms with Crippen molar-refractivity contribution < 1.29 is 9.18 Å². The van der Waals surface area contributed by atoms with Crippen molar-refractivity contribution in [3.05, 3.63) is 80.4 Å². The highest BCUT2D eigenvalue weighted by Crippen LogP contribution is 2.21. The first kappa shape index (κ1) is 19.9. The van der Waals surface area contributed by atoms with Crippen LogP contribution in [0.3, 0.4) is 0 Å². The molecule has 5 nitrogen and oxygen atoms in total. The Morgan fingerprint density at radius 1 is 1.18 bits per heavy atom. The Labute approximate surface area is 170 Å². The fraction of sp³-hybridized carbons (Fsp3) is 0.190. The lowest BCUT2D eigenvalue weighted by atomic mass is 10.2. The van der Waals surface area contributed by atoms with Crippen LogP contribution in [-0.4, -0.2) is 15.5 Å². The van der Waals surface area contributed by atoms with E-state index >= 15 is 0 Å². The highest BCUT2D eigenvalue weighted by molar-refractivity contribution is 9.10. The van der Waals surface area contributed by atoms with E-state index in [1.807, 2.05) is 26.0 Å². The predicted molar refractivity (Wildman–Crippen MR) is 111 cm³/mol. The van der Waals surface area contributed by atoms with Gasteiger partial charge in [-0.2, -0.15) is 0 Å². The maximum absolute atomic E-state index is 13.3. The molecule has 0 fully saturated rings. The molecular formula is C21H19BrFN3O2. The van der Waals surface area contributed by atoms with Gasteiger partial charge < -0.3 is 5.32 Å². The van der Waals surface area contributed by atoms with E-state index in [0.717, 1.165) is 10.0 Å². The molecule has 0 unspecified atom stereocenters. The first-order chi connectivity index (χ1) is 13.4. The second-order valence-corrected chi connectivity index (χ2v) is 7.22. The molecule has 2 aromatic carbocycles. The van der Waals surface area contributed by atoms with Crippen LogP contribution in [0.15, 0.2) is 57.8 Å². The number of rotatable bonds is 5. The SMILES string of the molecule is CCc1cc(=O)n(CC(=O)Nc2ccc(Br)c(C)c2)c(-c2ccc(F)cc2)n1. The highest BCUT2D eigenvalue weighted by atomic mass is 79.9. The summed E-state index contributed by atoms with van der Waals surface area (Å²) in [6.07, 6.45) is 0.578. The van der Waals surface area contributed by atoms with Crippen LogP contribution in [0.1, 0.15) is 18.2 Å². The van der Waals surface area contributed by atoms with Crippen LogP contribution in [0.4, 0.5) is 10.1 Å². The fourth-order valence-electron chi connectivity index (χ4n) is 2.77. The third-order valence-corrected chi connectivity index (χ3v) is 5.16. The molecule has 0 spiro atoms. The molecule has 1 aromatic heterocycles. The number of halogens is 2. The molecule has 0 bridgehead atoms. The zero-order valence-corrected chi connectivity index (χ0v) is 17.1. The molecule has 144 valence electrons. The standard InChI is InChI=1S/C21H19BrFN3O2/c1-3-16-11-20(28)26(21(25-16)14-4-6-15(23)7-5-14)12-19(27)24-17-8-9-18(22)13(2)10-17/h4-11H,3,12H2,1-2H3,(H,24,27). The maximum atomic E-state index is 13.3. The lowest BCUT2D eigenvalue weighted by Gasteiger charge is -2.14. The van der Waals surface area contributed by atoms with Crippen LogP contribution >= 0.6 is 15.9 Å². The molecule has 0 aliphatic carbocycles. The quantitative estimate of drug-likeness (QED) is 0.638. The Bertz CT molecular complexity index is 1080. The average Bonchev–Trinajstić information content (AvgIpc) is 2.67. The Hall–Kier alpha value is -2.80. The number of anilines is 1. The number of benzene rings is 2. The molecule has 0 aliphatic rings. The molecule has 3 aromatic rings. The van der Waals surface area contributed by atoms with E-state index in [2.05, 4.69) is 26.2 Å². The van der Waals surface area contributed by atoms with Crippen LogP contribution in [0.5, 0.6) is 0 Å². The van der Waals surface area contributed by atoms with Crippen molar-refractivity contribution >= 4 is 27.5 Å². The van der Waals surface area contributed by atoms with Crippen LogP contribution < -0.4 is 10.9 Å². The van der Waals surface area contributed by atoms with E-state index < -0.39 is 0 Å². The van der Waals surface area contributed by atoms with E-state index in [-0.39, 0.29) is 23.8 Å². The monoisotopic (exact) mass is 443 g/mol. The topological polar surface area (TPSA) is 64.0 Å². The van der Waals surface area contributed by atoms with Gasteiger partial charge in [-0.3, -0.25) is 14.2 Å². The normalized spacial score (nSPS) is 10.7. The lowest BCUT2D eigenvalue weighted by molar-refractivity contribution is -0.116. The van der Waals surface area contributed by atoms with Crippen molar-refractivity contribution in [2.45, 2.75) is 26.8 Å². The summed E-state index contributed by atoms with van der Waals surface area (Å²) in [5, 5.41) is 2.79. The van der Waals surface area contributed by atoms with Crippen molar-refractivity contribution in [3.8, 4) is 11.4 Å². The fourth-order valence-corrected chi connectivity index (χ4v) is 3.02. The molecule has 1 amide bonds. The maximum Gasteiger partial charge on any atom is 0.254 e. The van der Waals surface area contributed by atoms with Crippen LogP contribution in [0.2, 0.25) is 0 Å². The van der Waals surface area contributed by atoms with Gasteiger partial charge in [0.15, 0.2) is 0 Å². The summed E-state index contributed by atoms with van der Waals surface area (Å²) in [5.74, 6) is -0.391. The minimum Gasteiger partial charge on any atom is -0.325 e. The molecule has 28 heavy (non-hydrogen) atoms. The number of nitrogens with one attached hydrogen (secondary N) is 1. The molecule has 1 N–H and O–H groups in total. The van der Waals surface area contributed by atoms with Gasteiger partial charge >= 0.3 is 0 Å². The summed E-state index contributed by atoms with van der Waals surface area (Å²) >= 11 is 3.42. The number of carbonyl (C=O) groups is 1. The van der Waals surface area contributed by atoms with Gasteiger partial charge in [0.05, 0.1) is 0 Å². The third kappa shape index (κ3) is 4.54. The van der Waals surface area contributed by atoms with Crippen LogP contribution in [-0.2, 0) is 17.8 Å². The van der Waals surface area contributed by atoms with Crippen LogP contribution in [0.25, 0.3) is 11.4 Å². The second-order valence-electron chi connectivity index (χ2n) is 6.37. The number of hydrogen-bond donors (Lipinski definition) is 1. The number of aryl methyl sites for hydroxylation is 2. The average molecular weight is 444 g/mol. The molecule has 0 aliphatic heterocycles. The Morgan fingerprint density at radius 2 is 1.89 bits per heavy atom. The smallest absolute Gasteiger partial charge is 0.254 e. The number of nitrogens with zero attached hydrogens (tertiary/aromatic N) is 2. The summed E-state index contributed by atoms with van der Waals surface area (Å²) in [5.41, 5.74) is 2.48. The van der Waals surface area contributed by atoms with Gasteiger partial charge in [0.25, 0.3) is 5.56 Å². The highest BCUT2D eigenvalue weighted by Gasteiger charge is 2.14. The number of aromatic nitrogens is 2. The minimum atomic E-state index is -0.382. The van der Waals surface area contributed by atoms with Gasteiger partial charge in [-0.1, -0.05) is 22.9 Å². The van der Waals surface area contributed by atoms with Crippen molar-refractivity contribution in [1.29, 1.82) is 0 Å². The van der Waals surface area contributed by atoms with Gasteiger partial charge in [0.2, 0.25) is 5.91 Å². The van der Waals surface area contributed by atoms with Gasteiger partial charge in [0.1, 0.15) is 18.2 Å². The second kappa shape index (κ2) is 8.48. The summed E-state index contributed by atoms with van der Waals surface area (Å²) in [6.45, 7) is 3.62. The summed E-state index contributed by atoms with van der Waals surface area (Å²) in [4.78, 5) is 29.7. The number of carbonyl (C=O) groups excluding carboxylic acids is 1. The largest absolute Gasteiger partial charge is 0.325 e. The zero-order chi connectivity index (χ0) is 20.3. The van der Waals surface area contributed by atoms with E-state index in [1.54, 1.807) is 18.2 Å². The molecular weight excluding hydrogens is 425 g/mol. The Balaban J connectivity index is 1.94. The Kier molecular flexibility index (Phi) is 6.04. The predicted octanol–water partition coefficient (Wildman–Crippen LogP) is 4.32. The first-order valence-corrected chi connectivity index (χ1v) is 9.59. The third-order valence-electron chi connectivity index (χ3n) is 4.27. The van der Waals surface area contributed by atoms with E-state index in [0.29, 0.717) is 29.2 Å². The van der Waals surface area contributed by atoms with Gasteiger partial charge in [-0.15, -0.1) is 0 Å². The number of hydrogen-bond acceptors (Lipinski definition) is 3. The molecule has 1 heterocycles. The summed E-state index contributed by atoms with van der Waals surface area (Å²) < 4.78 is 15.5. The minimum absolute atomic E-state index is 0.197. The molecule has 0 saturated carbocycles. The van der Waals surface area contributed by atoms with Gasteiger partial charge in [-0.25, -0.2) is 9.37 Å². The summed E-state index contributed by atoms with van der Waals surface area (Å²) in [7, 11) is 0. The van der Waals surface area contributed by atoms with Crippen molar-refractivity contribution in [3.63, 3.8) is 0 Å². The Morgan fingerprint density at radius 3 is 2.54 bits per heavy atom. The van der Waals surface area contributed by atoms with E-state index in [4.69, 9.17) is 0 Å². The zero-order valence-electron chi connectivity index (χ0n) is 15.5. The number of amides is 1. The van der Waals surface area contributed by atoms with Crippen molar-refractivity contribution in [1.82, 2.24) is 9.55 Å². The molecule has 3 rings (SSSR count). The van der Waals surface area contributed by atoms with E-state index in [1.165, 1.54) is 22.8 Å². The molecule has 0 radical (unpaired) electrons. The first-order valence-electron chi connectivity index (χ1n) is 8.80. The summed E-state index contributed by atoms with van der Waals surface area (Å²) in [6, 6.07) is 12.6. The van der Waals surface area contributed by atoms with Crippen molar-refractivity contribution in [2.75, 3.05) is 5.32 Å². The van der Waals surface area contributed by atoms with Gasteiger partial charge in [0, 0.05) is 27.5 Å². The lowest BCUT2D eigenvalue weighted by Crippen LogP contribution is -2.30. The molecule has 0 atom stereocenters. The molecule has 0 saturated heterocycles. The van der Waals surface area contributed by atoms with Crippen molar-refractivity contribution in [2.24, 2.45) is 0 Å². The van der Waals surface area contributed by atoms with Gasteiger partial charge in [-0.05, 0) is 61.4 Å².